The maximum Gasteiger partial charge on any atom is 0.245 e. The van der Waals surface area contributed by atoms with Gasteiger partial charge in [-0.1, -0.05) is 25.7 Å². The van der Waals surface area contributed by atoms with Crippen LogP contribution in [-0.2, 0) is 9.59 Å². The van der Waals surface area contributed by atoms with E-state index in [2.05, 4.69) is 5.32 Å². The Balaban J connectivity index is 1.82. The van der Waals surface area contributed by atoms with E-state index in [9.17, 15) is 9.59 Å². The van der Waals surface area contributed by atoms with Gasteiger partial charge in [0, 0.05) is 6.54 Å². The normalized spacial score (nSPS) is 27.3. The second-order valence-corrected chi connectivity index (χ2v) is 4.99. The highest BCUT2D eigenvalue weighted by atomic mass is 16.2. The van der Waals surface area contributed by atoms with Crippen molar-refractivity contribution in [3.8, 4) is 0 Å². The Morgan fingerprint density at radius 3 is 2.69 bits per heavy atom. The van der Waals surface area contributed by atoms with E-state index >= 15 is 0 Å². The Bertz CT molecular complexity index is 285. The van der Waals surface area contributed by atoms with Crippen molar-refractivity contribution in [2.24, 2.45) is 5.92 Å². The van der Waals surface area contributed by atoms with E-state index in [1.54, 1.807) is 11.8 Å². The van der Waals surface area contributed by atoms with Gasteiger partial charge in [0.25, 0.3) is 0 Å². The molecule has 1 saturated carbocycles. The topological polar surface area (TPSA) is 49.4 Å². The van der Waals surface area contributed by atoms with Crippen LogP contribution in [0.3, 0.4) is 0 Å². The third-order valence-corrected chi connectivity index (χ3v) is 3.68. The first-order valence-electron chi connectivity index (χ1n) is 6.25. The Kier molecular flexibility index (Phi) is 3.46. The van der Waals surface area contributed by atoms with E-state index in [1.807, 2.05) is 0 Å². The van der Waals surface area contributed by atoms with Gasteiger partial charge in [-0.25, -0.2) is 0 Å². The molecule has 4 heteroatoms. The SMILES string of the molecule is CC1NC(=O)CN(CCC2CCCC2)C1=O. The van der Waals surface area contributed by atoms with Gasteiger partial charge >= 0.3 is 0 Å². The minimum atomic E-state index is -0.343. The first kappa shape index (κ1) is 11.4. The number of carbonyl (C=O) groups is 2. The summed E-state index contributed by atoms with van der Waals surface area (Å²) < 4.78 is 0. The Morgan fingerprint density at radius 2 is 2.00 bits per heavy atom. The van der Waals surface area contributed by atoms with Gasteiger partial charge in [-0.15, -0.1) is 0 Å². The fourth-order valence-electron chi connectivity index (χ4n) is 2.70. The summed E-state index contributed by atoms with van der Waals surface area (Å²) in [6.07, 6.45) is 6.31. The summed E-state index contributed by atoms with van der Waals surface area (Å²) >= 11 is 0. The lowest BCUT2D eigenvalue weighted by atomic mass is 10.0. The van der Waals surface area contributed by atoms with Crippen LogP contribution in [0.2, 0.25) is 0 Å². The maximum atomic E-state index is 11.8. The minimum absolute atomic E-state index is 0.0291. The van der Waals surface area contributed by atoms with Gasteiger partial charge in [-0.2, -0.15) is 0 Å². The van der Waals surface area contributed by atoms with Gasteiger partial charge < -0.3 is 10.2 Å². The third kappa shape index (κ3) is 2.54. The van der Waals surface area contributed by atoms with Crippen LogP contribution < -0.4 is 5.32 Å². The highest BCUT2D eigenvalue weighted by Gasteiger charge is 2.29. The van der Waals surface area contributed by atoms with Gasteiger partial charge in [0.15, 0.2) is 0 Å². The molecule has 16 heavy (non-hydrogen) atoms. The largest absolute Gasteiger partial charge is 0.343 e. The van der Waals surface area contributed by atoms with Crippen LogP contribution in [-0.4, -0.2) is 35.8 Å². The predicted octanol–water partition coefficient (Wildman–Crippen LogP) is 0.914. The molecule has 2 rings (SSSR count). The third-order valence-electron chi connectivity index (χ3n) is 3.68. The average molecular weight is 224 g/mol. The number of hydrogen-bond acceptors (Lipinski definition) is 2. The molecule has 90 valence electrons. The fourth-order valence-corrected chi connectivity index (χ4v) is 2.70. The van der Waals surface area contributed by atoms with Crippen molar-refractivity contribution in [2.45, 2.75) is 45.1 Å². The van der Waals surface area contributed by atoms with E-state index in [-0.39, 0.29) is 24.4 Å². The molecule has 0 aromatic carbocycles. The Labute approximate surface area is 96.4 Å². The van der Waals surface area contributed by atoms with E-state index in [1.165, 1.54) is 25.7 Å². The van der Waals surface area contributed by atoms with Crippen molar-refractivity contribution < 1.29 is 9.59 Å². The van der Waals surface area contributed by atoms with Gasteiger partial charge in [0.1, 0.15) is 6.04 Å². The molecule has 1 atom stereocenters. The van der Waals surface area contributed by atoms with Crippen LogP contribution in [0.1, 0.15) is 39.0 Å². The second kappa shape index (κ2) is 4.85. The molecule has 1 heterocycles. The lowest BCUT2D eigenvalue weighted by molar-refractivity contribution is -0.143. The van der Waals surface area contributed by atoms with E-state index in [0.29, 0.717) is 0 Å². The number of hydrogen-bond donors (Lipinski definition) is 1. The standard InChI is InChI=1S/C12H20N2O2/c1-9-12(16)14(8-11(15)13-9)7-6-10-4-2-3-5-10/h9-10H,2-8H2,1H3,(H,13,15). The molecular formula is C12H20N2O2. The summed E-state index contributed by atoms with van der Waals surface area (Å²) in [5.74, 6) is 0.809. The van der Waals surface area contributed by atoms with Crippen LogP contribution in [0.4, 0.5) is 0 Å². The average Bonchev–Trinajstić information content (AvgIpc) is 2.74. The number of nitrogens with zero attached hydrogens (tertiary/aromatic N) is 1. The lowest BCUT2D eigenvalue weighted by Crippen LogP contribution is -2.56. The zero-order valence-corrected chi connectivity index (χ0v) is 9.87. The van der Waals surface area contributed by atoms with Crippen LogP contribution >= 0.6 is 0 Å². The molecule has 0 spiro atoms. The van der Waals surface area contributed by atoms with Crippen LogP contribution in [0.25, 0.3) is 0 Å². The summed E-state index contributed by atoms with van der Waals surface area (Å²) in [5.41, 5.74) is 0. The summed E-state index contributed by atoms with van der Waals surface area (Å²) in [7, 11) is 0. The van der Waals surface area contributed by atoms with Gasteiger partial charge in [0.2, 0.25) is 11.8 Å². The quantitative estimate of drug-likeness (QED) is 0.774. The van der Waals surface area contributed by atoms with Crippen molar-refractivity contribution in [2.75, 3.05) is 13.1 Å². The van der Waals surface area contributed by atoms with Crippen molar-refractivity contribution >= 4 is 11.8 Å². The zero-order valence-electron chi connectivity index (χ0n) is 9.87. The molecule has 0 aromatic heterocycles. The molecule has 0 bridgehead atoms. The lowest BCUT2D eigenvalue weighted by Gasteiger charge is -2.31. The molecule has 4 nitrogen and oxygen atoms in total. The fraction of sp³-hybridized carbons (Fsp3) is 0.833. The molecule has 1 aliphatic heterocycles. The summed E-state index contributed by atoms with van der Waals surface area (Å²) in [5, 5.41) is 2.66. The zero-order chi connectivity index (χ0) is 11.5. The molecule has 2 fully saturated rings. The Hall–Kier alpha value is -1.06. The summed E-state index contributed by atoms with van der Waals surface area (Å²) in [6.45, 7) is 2.75. The molecular weight excluding hydrogens is 204 g/mol. The van der Waals surface area contributed by atoms with Crippen molar-refractivity contribution in [1.29, 1.82) is 0 Å². The van der Waals surface area contributed by atoms with E-state index in [0.717, 1.165) is 18.9 Å². The van der Waals surface area contributed by atoms with Gasteiger partial charge in [-0.05, 0) is 19.3 Å². The first-order chi connectivity index (χ1) is 7.66. The van der Waals surface area contributed by atoms with Crippen LogP contribution in [0, 0.1) is 5.92 Å². The number of amides is 2. The molecule has 1 unspecified atom stereocenters. The minimum Gasteiger partial charge on any atom is -0.343 e. The van der Waals surface area contributed by atoms with Crippen molar-refractivity contribution in [3.63, 3.8) is 0 Å². The first-order valence-corrected chi connectivity index (χ1v) is 6.25. The summed E-state index contributed by atoms with van der Waals surface area (Å²) in [4.78, 5) is 24.8. The Morgan fingerprint density at radius 1 is 1.31 bits per heavy atom. The highest BCUT2D eigenvalue weighted by molar-refractivity contribution is 5.94. The molecule has 0 aromatic rings. The van der Waals surface area contributed by atoms with Crippen LogP contribution in [0.15, 0.2) is 0 Å². The summed E-state index contributed by atoms with van der Waals surface area (Å²) in [6, 6.07) is -0.343. The predicted molar refractivity (Wildman–Crippen MR) is 60.8 cm³/mol. The highest BCUT2D eigenvalue weighted by Crippen LogP contribution is 2.27. The van der Waals surface area contributed by atoms with Gasteiger partial charge in [0.05, 0.1) is 6.54 Å². The molecule has 1 aliphatic carbocycles. The number of rotatable bonds is 3. The van der Waals surface area contributed by atoms with E-state index < -0.39 is 0 Å². The van der Waals surface area contributed by atoms with Crippen molar-refractivity contribution in [1.82, 2.24) is 10.2 Å². The number of nitrogens with one attached hydrogen (secondary N) is 1. The molecule has 1 N–H and O–H groups in total. The van der Waals surface area contributed by atoms with Gasteiger partial charge in [-0.3, -0.25) is 9.59 Å². The smallest absolute Gasteiger partial charge is 0.245 e. The second-order valence-electron chi connectivity index (χ2n) is 4.99. The molecule has 0 radical (unpaired) electrons. The van der Waals surface area contributed by atoms with Crippen LogP contribution in [0.5, 0.6) is 0 Å². The molecule has 1 saturated heterocycles. The van der Waals surface area contributed by atoms with Crippen molar-refractivity contribution in [3.05, 3.63) is 0 Å². The molecule has 2 amide bonds. The monoisotopic (exact) mass is 224 g/mol. The maximum absolute atomic E-state index is 11.8. The number of piperazine rings is 1. The number of carbonyl (C=O) groups excluding carboxylic acids is 2. The van der Waals surface area contributed by atoms with E-state index in [4.69, 9.17) is 0 Å². The molecule has 2 aliphatic rings.